The summed E-state index contributed by atoms with van der Waals surface area (Å²) >= 11 is 0. The second kappa shape index (κ2) is 10.3. The molecule has 0 bridgehead atoms. The molecule has 4 aliphatic carbocycles. The van der Waals surface area contributed by atoms with Crippen LogP contribution >= 0.6 is 0 Å². The number of carbonyl (C=O) groups is 2. The number of ketones is 1. The average Bonchev–Trinajstić information content (AvgIpc) is 3.25. The van der Waals surface area contributed by atoms with E-state index in [1.54, 1.807) is 0 Å². The van der Waals surface area contributed by atoms with Gasteiger partial charge in [-0.2, -0.15) is 0 Å². The maximum absolute atomic E-state index is 14.4. The van der Waals surface area contributed by atoms with Gasteiger partial charge in [0.1, 0.15) is 11.9 Å². The number of Topliss-reactive ketones (excluding diaryl/α,β-unsaturated/α-hetero) is 1. The van der Waals surface area contributed by atoms with E-state index in [1.165, 1.54) is 18.4 Å². The Morgan fingerprint density at radius 3 is 2.41 bits per heavy atom. The summed E-state index contributed by atoms with van der Waals surface area (Å²) < 4.78 is 6.00. The highest BCUT2D eigenvalue weighted by Crippen LogP contribution is 2.70. The molecule has 0 spiro atoms. The summed E-state index contributed by atoms with van der Waals surface area (Å²) in [6.07, 6.45) is 14.0. The fraction of sp³-hybridized carbons (Fsp3) is 0.667. The van der Waals surface area contributed by atoms with Crippen molar-refractivity contribution in [2.75, 3.05) is 0 Å². The van der Waals surface area contributed by atoms with E-state index in [0.29, 0.717) is 53.3 Å². The molecular weight excluding hydrogens is 480 g/mol. The van der Waals surface area contributed by atoms with Crippen LogP contribution in [0.15, 0.2) is 54.1 Å². The third-order valence-electron chi connectivity index (χ3n) is 12.3. The van der Waals surface area contributed by atoms with Gasteiger partial charge in [-0.3, -0.25) is 4.79 Å². The topological polar surface area (TPSA) is 43.4 Å². The number of allylic oxidation sites excluding steroid dienone is 4. The molecule has 0 radical (unpaired) electrons. The first-order chi connectivity index (χ1) is 18.4. The summed E-state index contributed by atoms with van der Waals surface area (Å²) in [6.45, 7) is 16.4. The van der Waals surface area contributed by atoms with Gasteiger partial charge in [0.25, 0.3) is 0 Å². The molecule has 0 aromatic heterocycles. The fourth-order valence-corrected chi connectivity index (χ4v) is 9.17. The van der Waals surface area contributed by atoms with Crippen LogP contribution in [-0.4, -0.2) is 17.9 Å². The van der Waals surface area contributed by atoms with Crippen molar-refractivity contribution in [1.82, 2.24) is 0 Å². The molecule has 5 rings (SSSR count). The van der Waals surface area contributed by atoms with Crippen molar-refractivity contribution < 1.29 is 14.3 Å². The highest BCUT2D eigenvalue weighted by Gasteiger charge is 2.66. The normalized spacial score (nSPS) is 39.5. The predicted octanol–water partition coefficient (Wildman–Crippen LogP) is 8.84. The zero-order valence-electron chi connectivity index (χ0n) is 25.3. The van der Waals surface area contributed by atoms with Crippen molar-refractivity contribution in [1.29, 1.82) is 0 Å². The van der Waals surface area contributed by atoms with Crippen molar-refractivity contribution in [3.8, 4) is 0 Å². The third-order valence-corrected chi connectivity index (χ3v) is 12.3. The number of rotatable bonds is 6. The zero-order chi connectivity index (χ0) is 28.2. The standard InChI is InChI=1S/C36H50O3/c1-23(2)24(3)13-14-25(4)29-17-18-30-31-16-15-27-21-28(39-33(38)26-11-9-8-10-12-26)19-20-35(27,6)36(31,7)32(37)22-34(29,30)5/h8-14,16,23-25,27-30H,15,17-22H2,1-7H3/b14-13+/t24-,25+,27-,28+,29-,30+,34-,35-,36+/m0/s1. The number of esters is 1. The van der Waals surface area contributed by atoms with Gasteiger partial charge in [-0.1, -0.05) is 83.5 Å². The van der Waals surface area contributed by atoms with Crippen molar-refractivity contribution >= 4 is 11.8 Å². The second-order valence-corrected chi connectivity index (χ2v) is 14.5. The van der Waals surface area contributed by atoms with Crippen LogP contribution in [0.1, 0.15) is 104 Å². The first kappa shape index (κ1) is 28.4. The SMILES string of the molecule is CC(C)[C@@H](C)/C=C/[C@@H](C)[C@@H]1CC[C@@H]2C3=CC[C@H]4C[C@H](OC(=O)c5ccccc5)CC[C@]4(C)[C@@]3(C)C(=O)C[C@]21C. The molecule has 3 heteroatoms. The van der Waals surface area contributed by atoms with Gasteiger partial charge in [-0.25, -0.2) is 4.79 Å². The van der Waals surface area contributed by atoms with E-state index < -0.39 is 5.41 Å². The highest BCUT2D eigenvalue weighted by molar-refractivity contribution is 5.91. The van der Waals surface area contributed by atoms with Gasteiger partial charge in [0.05, 0.1) is 11.0 Å². The number of carbonyl (C=O) groups excluding carboxylic acids is 2. The molecule has 3 fully saturated rings. The number of fused-ring (bicyclic) bond motifs is 5. The summed E-state index contributed by atoms with van der Waals surface area (Å²) in [5.41, 5.74) is 1.62. The summed E-state index contributed by atoms with van der Waals surface area (Å²) in [6, 6.07) is 9.31. The lowest BCUT2D eigenvalue weighted by atomic mass is 9.41. The lowest BCUT2D eigenvalue weighted by Gasteiger charge is -2.62. The van der Waals surface area contributed by atoms with Crippen LogP contribution < -0.4 is 0 Å². The van der Waals surface area contributed by atoms with Gasteiger partial charge < -0.3 is 4.74 Å². The molecule has 212 valence electrons. The molecular formula is C36H50O3. The van der Waals surface area contributed by atoms with Gasteiger partial charge in [0.15, 0.2) is 0 Å². The van der Waals surface area contributed by atoms with E-state index >= 15 is 0 Å². The minimum Gasteiger partial charge on any atom is -0.459 e. The lowest BCUT2D eigenvalue weighted by molar-refractivity contribution is -0.151. The molecule has 0 saturated heterocycles. The largest absolute Gasteiger partial charge is 0.459 e. The lowest BCUT2D eigenvalue weighted by Crippen LogP contribution is -2.60. The summed E-state index contributed by atoms with van der Waals surface area (Å²) in [7, 11) is 0. The molecule has 1 aromatic carbocycles. The Labute approximate surface area is 236 Å². The van der Waals surface area contributed by atoms with Crippen LogP contribution in [-0.2, 0) is 9.53 Å². The van der Waals surface area contributed by atoms with Gasteiger partial charge >= 0.3 is 5.97 Å². The molecule has 9 atom stereocenters. The average molecular weight is 531 g/mol. The van der Waals surface area contributed by atoms with Crippen LogP contribution in [0.3, 0.4) is 0 Å². The summed E-state index contributed by atoms with van der Waals surface area (Å²) in [4.78, 5) is 27.1. The fourth-order valence-electron chi connectivity index (χ4n) is 9.17. The Morgan fingerprint density at radius 1 is 1.00 bits per heavy atom. The van der Waals surface area contributed by atoms with Crippen LogP contribution in [0.5, 0.6) is 0 Å². The number of ether oxygens (including phenoxy) is 1. The Balaban J connectivity index is 1.36. The number of hydrogen-bond acceptors (Lipinski definition) is 3. The Kier molecular flexibility index (Phi) is 7.53. The molecule has 3 nitrogen and oxygen atoms in total. The molecule has 0 aliphatic heterocycles. The molecule has 3 saturated carbocycles. The quantitative estimate of drug-likeness (QED) is 0.272. The maximum Gasteiger partial charge on any atom is 0.338 e. The molecule has 0 N–H and O–H groups in total. The third kappa shape index (κ3) is 4.56. The first-order valence-electron chi connectivity index (χ1n) is 15.6. The first-order valence-corrected chi connectivity index (χ1v) is 15.6. The van der Waals surface area contributed by atoms with E-state index in [1.807, 2.05) is 30.3 Å². The van der Waals surface area contributed by atoms with Crippen LogP contribution in [0.4, 0.5) is 0 Å². The van der Waals surface area contributed by atoms with Crippen LogP contribution in [0, 0.1) is 51.8 Å². The summed E-state index contributed by atoms with van der Waals surface area (Å²) in [5.74, 6) is 3.34. The minimum atomic E-state index is -0.408. The zero-order valence-corrected chi connectivity index (χ0v) is 25.3. The second-order valence-electron chi connectivity index (χ2n) is 14.5. The molecule has 0 amide bonds. The smallest absolute Gasteiger partial charge is 0.338 e. The van der Waals surface area contributed by atoms with Gasteiger partial charge in [-0.05, 0) is 104 Å². The van der Waals surface area contributed by atoms with Crippen molar-refractivity contribution in [2.45, 2.75) is 99.5 Å². The van der Waals surface area contributed by atoms with Crippen molar-refractivity contribution in [3.05, 3.63) is 59.7 Å². The van der Waals surface area contributed by atoms with Crippen LogP contribution in [0.2, 0.25) is 0 Å². The summed E-state index contributed by atoms with van der Waals surface area (Å²) in [5, 5.41) is 0. The van der Waals surface area contributed by atoms with Gasteiger partial charge in [-0.15, -0.1) is 0 Å². The van der Waals surface area contributed by atoms with E-state index in [-0.39, 0.29) is 22.9 Å². The minimum absolute atomic E-state index is 0.0405. The number of benzene rings is 1. The molecule has 39 heavy (non-hydrogen) atoms. The number of hydrogen-bond donors (Lipinski definition) is 0. The molecule has 0 unspecified atom stereocenters. The Hall–Kier alpha value is -2.16. The molecule has 1 aromatic rings. The van der Waals surface area contributed by atoms with E-state index in [4.69, 9.17) is 4.74 Å². The highest BCUT2D eigenvalue weighted by atomic mass is 16.5. The monoisotopic (exact) mass is 530 g/mol. The molecule has 0 heterocycles. The van der Waals surface area contributed by atoms with Gasteiger partial charge in [0.2, 0.25) is 0 Å². The van der Waals surface area contributed by atoms with Crippen molar-refractivity contribution in [3.63, 3.8) is 0 Å². The Morgan fingerprint density at radius 2 is 1.72 bits per heavy atom. The van der Waals surface area contributed by atoms with E-state index in [9.17, 15) is 9.59 Å². The van der Waals surface area contributed by atoms with E-state index in [2.05, 4.69) is 66.7 Å². The van der Waals surface area contributed by atoms with E-state index in [0.717, 1.165) is 25.7 Å². The maximum atomic E-state index is 14.4. The van der Waals surface area contributed by atoms with Crippen molar-refractivity contribution in [2.24, 2.45) is 51.8 Å². The predicted molar refractivity (Wildman–Crippen MR) is 158 cm³/mol. The molecule has 4 aliphatic rings. The van der Waals surface area contributed by atoms with Gasteiger partial charge in [0, 0.05) is 6.42 Å². The Bertz CT molecular complexity index is 1150. The van der Waals surface area contributed by atoms with Crippen LogP contribution in [0.25, 0.3) is 0 Å².